The summed E-state index contributed by atoms with van der Waals surface area (Å²) in [5, 5.41) is 8.57. The molecule has 1 fully saturated rings. The Balaban J connectivity index is 1.18. The van der Waals surface area contributed by atoms with Crippen molar-refractivity contribution in [3.8, 4) is 22.8 Å². The summed E-state index contributed by atoms with van der Waals surface area (Å²) >= 11 is 1.43. The minimum absolute atomic E-state index is 0.0102. The zero-order valence-corrected chi connectivity index (χ0v) is 27.1. The van der Waals surface area contributed by atoms with Crippen LogP contribution in [0.3, 0.4) is 0 Å². The topological polar surface area (TPSA) is 137 Å². The van der Waals surface area contributed by atoms with Crippen LogP contribution in [0.4, 0.5) is 4.39 Å². The Bertz CT molecular complexity index is 1790. The highest BCUT2D eigenvalue weighted by Gasteiger charge is 2.26. The number of halogens is 1. The van der Waals surface area contributed by atoms with Crippen LogP contribution in [-0.2, 0) is 20.7 Å². The minimum atomic E-state index is -3.45. The first kappa shape index (κ1) is 33.2. The number of thiazole rings is 1. The Labute approximate surface area is 271 Å². The average Bonchev–Trinajstić information content (AvgIpc) is 3.47. The van der Waals surface area contributed by atoms with Crippen LogP contribution >= 0.6 is 11.3 Å². The molecule has 1 saturated carbocycles. The number of ether oxygens (including phenoxy) is 1. The van der Waals surface area contributed by atoms with Crippen molar-refractivity contribution in [3.05, 3.63) is 93.8 Å². The van der Waals surface area contributed by atoms with E-state index in [1.807, 2.05) is 49.4 Å². The number of nitrogens with one attached hydrogen (secondary N) is 2. The van der Waals surface area contributed by atoms with Crippen molar-refractivity contribution in [2.45, 2.75) is 57.5 Å². The van der Waals surface area contributed by atoms with Gasteiger partial charge in [-0.15, -0.1) is 11.3 Å². The molecule has 13 heteroatoms. The summed E-state index contributed by atoms with van der Waals surface area (Å²) < 4.78 is 47.3. The Morgan fingerprint density at radius 1 is 0.978 bits per heavy atom. The van der Waals surface area contributed by atoms with Crippen molar-refractivity contribution in [1.29, 1.82) is 0 Å². The molecule has 1 aliphatic rings. The van der Waals surface area contributed by atoms with Gasteiger partial charge in [0.05, 0.1) is 24.1 Å². The van der Waals surface area contributed by atoms with Gasteiger partial charge in [0.2, 0.25) is 5.88 Å². The first-order valence-electron chi connectivity index (χ1n) is 14.9. The number of benzene rings is 2. The van der Waals surface area contributed by atoms with E-state index in [9.17, 15) is 22.4 Å². The maximum atomic E-state index is 14.2. The molecule has 2 aromatic carbocycles. The van der Waals surface area contributed by atoms with Crippen LogP contribution in [0.2, 0.25) is 0 Å². The van der Waals surface area contributed by atoms with Crippen LogP contribution < -0.4 is 15.4 Å². The summed E-state index contributed by atoms with van der Waals surface area (Å²) in [4.78, 5) is 34.0. The van der Waals surface area contributed by atoms with Gasteiger partial charge in [-0.25, -0.2) is 14.4 Å². The molecule has 0 atom stereocenters. The number of rotatable bonds is 12. The van der Waals surface area contributed by atoms with Gasteiger partial charge in [0, 0.05) is 17.5 Å². The van der Waals surface area contributed by atoms with Crippen LogP contribution in [0.1, 0.15) is 63.5 Å². The Morgan fingerprint density at radius 2 is 1.67 bits per heavy atom. The predicted molar refractivity (Wildman–Crippen MR) is 173 cm³/mol. The molecular formula is C33H35FN4O6S2. The van der Waals surface area contributed by atoms with E-state index < -0.39 is 21.8 Å². The molecule has 2 amide bonds. The van der Waals surface area contributed by atoms with Gasteiger partial charge in [0.1, 0.15) is 22.8 Å². The van der Waals surface area contributed by atoms with Crippen LogP contribution in [0.25, 0.3) is 11.1 Å². The molecule has 10 nitrogen and oxygen atoms in total. The van der Waals surface area contributed by atoms with Crippen LogP contribution in [0, 0.1) is 12.7 Å². The Hall–Kier alpha value is -4.20. The normalized spacial score (nSPS) is 16.5. The summed E-state index contributed by atoms with van der Waals surface area (Å²) in [5.41, 5.74) is 3.25. The smallest absolute Gasteiger partial charge is 0.270 e. The number of aromatic nitrogens is 2. The van der Waals surface area contributed by atoms with Gasteiger partial charge in [-0.1, -0.05) is 36.4 Å². The van der Waals surface area contributed by atoms with Gasteiger partial charge in [-0.2, -0.15) is 8.42 Å². The van der Waals surface area contributed by atoms with E-state index in [1.165, 1.54) is 11.3 Å². The lowest BCUT2D eigenvalue weighted by Crippen LogP contribution is -2.44. The summed E-state index contributed by atoms with van der Waals surface area (Å²) in [6, 6.07) is 16.1. The Morgan fingerprint density at radius 3 is 2.33 bits per heavy atom. The quantitative estimate of drug-likeness (QED) is 0.143. The van der Waals surface area contributed by atoms with Gasteiger partial charge in [0.15, 0.2) is 0 Å². The fourth-order valence-corrected chi connectivity index (χ4v) is 6.26. The minimum Gasteiger partial charge on any atom is -0.438 e. The average molecular weight is 667 g/mol. The molecule has 1 aliphatic carbocycles. The van der Waals surface area contributed by atoms with Crippen molar-refractivity contribution >= 4 is 33.3 Å². The molecular weight excluding hydrogens is 632 g/mol. The van der Waals surface area contributed by atoms with Crippen LogP contribution in [0.15, 0.2) is 66.2 Å². The van der Waals surface area contributed by atoms with Crippen molar-refractivity contribution in [1.82, 2.24) is 20.6 Å². The largest absolute Gasteiger partial charge is 0.438 e. The summed E-state index contributed by atoms with van der Waals surface area (Å²) in [7, 11) is -3.45. The molecule has 0 spiro atoms. The van der Waals surface area contributed by atoms with Crippen LogP contribution in [-0.4, -0.2) is 55.1 Å². The number of pyridine rings is 1. The first-order valence-corrected chi connectivity index (χ1v) is 17.6. The summed E-state index contributed by atoms with van der Waals surface area (Å²) in [6.45, 7) is 1.98. The molecule has 0 bridgehead atoms. The second-order valence-corrected chi connectivity index (χ2v) is 13.9. The molecule has 0 saturated heterocycles. The lowest BCUT2D eigenvalue weighted by atomic mass is 9.91. The third kappa shape index (κ3) is 9.41. The third-order valence-corrected chi connectivity index (χ3v) is 8.92. The second-order valence-electron chi connectivity index (χ2n) is 11.2. The number of hydrogen-bond acceptors (Lipinski definition) is 9. The van der Waals surface area contributed by atoms with E-state index in [0.29, 0.717) is 50.0 Å². The molecule has 0 aliphatic heterocycles. The molecule has 4 aromatic rings. The van der Waals surface area contributed by atoms with Crippen molar-refractivity contribution in [3.63, 3.8) is 0 Å². The van der Waals surface area contributed by atoms with Gasteiger partial charge >= 0.3 is 0 Å². The molecule has 2 aromatic heterocycles. The molecule has 0 radical (unpaired) electrons. The fraction of sp³-hybridized carbons (Fsp3) is 0.333. The van der Waals surface area contributed by atoms with E-state index in [1.54, 1.807) is 11.4 Å². The third-order valence-electron chi connectivity index (χ3n) is 7.55. The van der Waals surface area contributed by atoms with E-state index >= 15 is 0 Å². The highest BCUT2D eigenvalue weighted by atomic mass is 32.2. The molecule has 2 heterocycles. The maximum Gasteiger partial charge on any atom is 0.270 e. The number of carbonyl (C=O) groups is 2. The van der Waals surface area contributed by atoms with Crippen LogP contribution in [0.5, 0.6) is 11.6 Å². The van der Waals surface area contributed by atoms with E-state index in [-0.39, 0.29) is 36.0 Å². The zero-order valence-electron chi connectivity index (χ0n) is 25.5. The highest BCUT2D eigenvalue weighted by molar-refractivity contribution is 7.85. The lowest BCUT2D eigenvalue weighted by Gasteiger charge is -2.29. The maximum absolute atomic E-state index is 14.2. The number of carbonyl (C=O) groups excluding carboxylic acids is 2. The number of nitrogens with zero attached hydrogens (tertiary/aromatic N) is 2. The molecule has 5 rings (SSSR count). The molecule has 242 valence electrons. The lowest BCUT2D eigenvalue weighted by molar-refractivity contribution is 0.0888. The highest BCUT2D eigenvalue weighted by Crippen LogP contribution is 2.29. The van der Waals surface area contributed by atoms with E-state index in [2.05, 4.69) is 20.6 Å². The molecule has 2 N–H and O–H groups in total. The van der Waals surface area contributed by atoms with Crippen molar-refractivity contribution in [2.75, 3.05) is 12.9 Å². The van der Waals surface area contributed by atoms with Gasteiger partial charge < -0.3 is 15.4 Å². The zero-order chi connectivity index (χ0) is 32.7. The second kappa shape index (κ2) is 14.9. The van der Waals surface area contributed by atoms with Gasteiger partial charge in [-0.3, -0.25) is 13.8 Å². The Kier molecular flexibility index (Phi) is 10.8. The molecule has 0 unspecified atom stereocenters. The van der Waals surface area contributed by atoms with E-state index in [0.717, 1.165) is 40.2 Å². The summed E-state index contributed by atoms with van der Waals surface area (Å²) in [6.07, 6.45) is 5.97. The summed E-state index contributed by atoms with van der Waals surface area (Å²) in [5.74, 6) is -0.916. The number of hydrogen-bond donors (Lipinski definition) is 2. The van der Waals surface area contributed by atoms with E-state index in [4.69, 9.17) is 8.92 Å². The van der Waals surface area contributed by atoms with Gasteiger partial charge in [-0.05, 0) is 80.3 Å². The first-order chi connectivity index (χ1) is 22.0. The van der Waals surface area contributed by atoms with Gasteiger partial charge in [0.25, 0.3) is 21.9 Å². The SMILES string of the molecule is Cc1nc(C(=O)N[C@H]2CC[C@H](NC(=O)c3cc(F)cnc3Oc3cccc(-c4ccc(CCCOS(C)(=O)=O)cc4)c3)CC2)cs1. The number of aryl methyl sites for hydroxylation is 2. The number of amides is 2. The van der Waals surface area contributed by atoms with Crippen molar-refractivity contribution < 1.29 is 31.3 Å². The monoisotopic (exact) mass is 666 g/mol. The molecule has 46 heavy (non-hydrogen) atoms. The van der Waals surface area contributed by atoms with Crippen molar-refractivity contribution in [2.24, 2.45) is 0 Å². The predicted octanol–water partition coefficient (Wildman–Crippen LogP) is 5.82. The fourth-order valence-electron chi connectivity index (χ4n) is 5.24. The standard InChI is InChI=1S/C33H35FN4O6S2/c1-21-36-30(20-45-21)32(40)38-27-14-12-26(13-15-27)37-31(39)29-18-25(34)19-35-33(29)44-28-7-3-6-24(17-28)23-10-8-22(9-11-23)5-4-16-43-46(2,41)42/h3,6-11,17-20,26-27H,4-5,12-16H2,1-2H3,(H,37,39)(H,38,40)/t26-,27-.